The van der Waals surface area contributed by atoms with E-state index in [1.807, 2.05) is 37.3 Å². The molecule has 130 valence electrons. The molecule has 1 atom stereocenters. The smallest absolute Gasteiger partial charge is 0.318 e. The Kier molecular flexibility index (Phi) is 4.91. The number of ether oxygens (including phenoxy) is 1. The van der Waals surface area contributed by atoms with Gasteiger partial charge in [0.05, 0.1) is 12.6 Å². The van der Waals surface area contributed by atoms with E-state index in [4.69, 9.17) is 4.74 Å². The topological polar surface area (TPSA) is 31.2 Å². The molecular weight excluding hydrogens is 330 g/mol. The first-order valence-electron chi connectivity index (χ1n) is 8.46. The Labute approximate surface area is 154 Å². The number of benzene rings is 2. The number of nitrogens with zero attached hydrogens (tertiary/aromatic N) is 1. The van der Waals surface area contributed by atoms with Crippen LogP contribution in [-0.2, 0) is 21.4 Å². The summed E-state index contributed by atoms with van der Waals surface area (Å²) < 4.78 is 7.33. The lowest BCUT2D eigenvalue weighted by Gasteiger charge is -2.28. The van der Waals surface area contributed by atoms with Crippen molar-refractivity contribution in [3.63, 3.8) is 0 Å². The molecule has 1 unspecified atom stereocenters. The maximum absolute atomic E-state index is 12.7. The average Bonchev–Trinajstić information content (AvgIpc) is 3.02. The number of hydrogen-bond acceptors (Lipinski definition) is 3. The number of carbonyl (C=O) groups is 1. The summed E-state index contributed by atoms with van der Waals surface area (Å²) in [4.78, 5) is 12.7. The van der Waals surface area contributed by atoms with Crippen molar-refractivity contribution in [1.82, 2.24) is 4.57 Å². The predicted octanol–water partition coefficient (Wildman–Crippen LogP) is 4.55. The van der Waals surface area contributed by atoms with Crippen LogP contribution in [0.1, 0.15) is 25.1 Å². The van der Waals surface area contributed by atoms with Gasteiger partial charge in [-0.05, 0) is 37.1 Å². The SMILES string of the molecule is CCc1c(C(C)(CS)C(=O)OC)n(-c2ccccc2)c2ccccc12. The highest BCUT2D eigenvalue weighted by atomic mass is 32.1. The van der Waals surface area contributed by atoms with Gasteiger partial charge in [0.25, 0.3) is 0 Å². The zero-order valence-electron chi connectivity index (χ0n) is 14.8. The highest BCUT2D eigenvalue weighted by molar-refractivity contribution is 7.80. The molecule has 0 radical (unpaired) electrons. The minimum absolute atomic E-state index is 0.266. The number of esters is 1. The van der Waals surface area contributed by atoms with Crippen molar-refractivity contribution in [3.8, 4) is 5.69 Å². The second-order valence-corrected chi connectivity index (χ2v) is 6.67. The van der Waals surface area contributed by atoms with Crippen molar-refractivity contribution in [2.45, 2.75) is 25.7 Å². The summed E-state index contributed by atoms with van der Waals surface area (Å²) in [5.74, 6) is 0.104. The van der Waals surface area contributed by atoms with E-state index < -0.39 is 5.41 Å². The van der Waals surface area contributed by atoms with Gasteiger partial charge in [0.1, 0.15) is 5.41 Å². The molecule has 3 nitrogen and oxygen atoms in total. The van der Waals surface area contributed by atoms with Gasteiger partial charge in [-0.2, -0.15) is 12.6 Å². The molecule has 3 aromatic rings. The third-order valence-electron chi connectivity index (χ3n) is 4.82. The number of aromatic nitrogens is 1. The van der Waals surface area contributed by atoms with Gasteiger partial charge in [0.2, 0.25) is 0 Å². The molecule has 0 N–H and O–H groups in total. The molecule has 0 spiro atoms. The summed E-state index contributed by atoms with van der Waals surface area (Å²) in [5, 5.41) is 1.17. The van der Waals surface area contributed by atoms with Gasteiger partial charge in [-0.3, -0.25) is 4.79 Å². The van der Waals surface area contributed by atoms with Crippen LogP contribution in [0.2, 0.25) is 0 Å². The first kappa shape index (κ1) is 17.6. The van der Waals surface area contributed by atoms with Crippen molar-refractivity contribution in [2.75, 3.05) is 12.9 Å². The molecule has 2 aromatic carbocycles. The van der Waals surface area contributed by atoms with E-state index in [-0.39, 0.29) is 5.97 Å². The maximum Gasteiger partial charge on any atom is 0.318 e. The maximum atomic E-state index is 12.7. The largest absolute Gasteiger partial charge is 0.468 e. The molecule has 4 heteroatoms. The Bertz CT molecular complexity index is 901. The zero-order valence-corrected chi connectivity index (χ0v) is 15.7. The number of rotatable bonds is 5. The molecule has 0 aliphatic carbocycles. The molecule has 0 saturated carbocycles. The van der Waals surface area contributed by atoms with Gasteiger partial charge in [0.15, 0.2) is 0 Å². The summed E-state index contributed by atoms with van der Waals surface area (Å²) in [7, 11) is 1.44. The van der Waals surface area contributed by atoms with Crippen molar-refractivity contribution in [1.29, 1.82) is 0 Å². The van der Waals surface area contributed by atoms with Crippen LogP contribution >= 0.6 is 12.6 Å². The van der Waals surface area contributed by atoms with E-state index in [1.165, 1.54) is 18.1 Å². The van der Waals surface area contributed by atoms with Gasteiger partial charge < -0.3 is 9.30 Å². The molecule has 25 heavy (non-hydrogen) atoms. The fourth-order valence-corrected chi connectivity index (χ4v) is 3.83. The second kappa shape index (κ2) is 6.96. The van der Waals surface area contributed by atoms with Crippen LogP contribution < -0.4 is 0 Å². The number of hydrogen-bond donors (Lipinski definition) is 1. The van der Waals surface area contributed by atoms with Gasteiger partial charge in [-0.15, -0.1) is 0 Å². The van der Waals surface area contributed by atoms with Gasteiger partial charge in [-0.25, -0.2) is 0 Å². The first-order chi connectivity index (χ1) is 12.1. The average molecular weight is 353 g/mol. The van der Waals surface area contributed by atoms with Crippen molar-refractivity contribution in [2.24, 2.45) is 0 Å². The highest BCUT2D eigenvalue weighted by Crippen LogP contribution is 2.38. The Morgan fingerprint density at radius 2 is 1.76 bits per heavy atom. The molecule has 0 aliphatic heterocycles. The molecule has 1 heterocycles. The third-order valence-corrected chi connectivity index (χ3v) is 5.45. The molecule has 0 amide bonds. The second-order valence-electron chi connectivity index (χ2n) is 6.35. The van der Waals surface area contributed by atoms with Gasteiger partial charge in [0, 0.05) is 22.5 Å². The molecule has 0 fully saturated rings. The third kappa shape index (κ3) is 2.74. The van der Waals surface area contributed by atoms with Crippen LogP contribution in [0.25, 0.3) is 16.6 Å². The lowest BCUT2D eigenvalue weighted by molar-refractivity contribution is -0.146. The van der Waals surface area contributed by atoms with Crippen molar-refractivity contribution in [3.05, 3.63) is 65.9 Å². The molecule has 3 rings (SSSR count). The van der Waals surface area contributed by atoms with Crippen LogP contribution in [0.15, 0.2) is 54.6 Å². The number of carbonyl (C=O) groups excluding carboxylic acids is 1. The number of para-hydroxylation sites is 2. The highest BCUT2D eigenvalue weighted by Gasteiger charge is 2.41. The van der Waals surface area contributed by atoms with Gasteiger partial charge in [-0.1, -0.05) is 43.3 Å². The van der Waals surface area contributed by atoms with E-state index >= 15 is 0 Å². The molecule has 0 aliphatic rings. The number of methoxy groups -OCH3 is 1. The van der Waals surface area contributed by atoms with Crippen molar-refractivity contribution >= 4 is 29.5 Å². The van der Waals surface area contributed by atoms with E-state index in [0.717, 1.165) is 23.3 Å². The Hall–Kier alpha value is -2.20. The molecule has 1 aromatic heterocycles. The van der Waals surface area contributed by atoms with Crippen LogP contribution in [0.5, 0.6) is 0 Å². The van der Waals surface area contributed by atoms with E-state index in [1.54, 1.807) is 0 Å². The Morgan fingerprint density at radius 1 is 1.12 bits per heavy atom. The number of aryl methyl sites for hydroxylation is 1. The van der Waals surface area contributed by atoms with E-state index in [0.29, 0.717) is 5.75 Å². The molecular formula is C21H23NO2S. The fourth-order valence-electron chi connectivity index (χ4n) is 3.55. The first-order valence-corrected chi connectivity index (χ1v) is 9.09. The van der Waals surface area contributed by atoms with Crippen LogP contribution in [0.3, 0.4) is 0 Å². The Morgan fingerprint density at radius 3 is 2.36 bits per heavy atom. The molecule has 0 bridgehead atoms. The van der Waals surface area contributed by atoms with Crippen LogP contribution in [-0.4, -0.2) is 23.4 Å². The number of fused-ring (bicyclic) bond motifs is 1. The van der Waals surface area contributed by atoms with Crippen LogP contribution in [0.4, 0.5) is 0 Å². The summed E-state index contributed by atoms with van der Waals surface area (Å²) in [6.07, 6.45) is 0.829. The Balaban J connectivity index is 2.47. The predicted molar refractivity (Wildman–Crippen MR) is 106 cm³/mol. The summed E-state index contributed by atoms with van der Waals surface area (Å²) in [6, 6.07) is 18.4. The van der Waals surface area contributed by atoms with Gasteiger partial charge >= 0.3 is 5.97 Å². The lowest BCUT2D eigenvalue weighted by atomic mass is 9.85. The minimum Gasteiger partial charge on any atom is -0.468 e. The summed E-state index contributed by atoms with van der Waals surface area (Å²) >= 11 is 4.52. The monoisotopic (exact) mass is 353 g/mol. The van der Waals surface area contributed by atoms with Crippen LogP contribution in [0, 0.1) is 0 Å². The fraction of sp³-hybridized carbons (Fsp3) is 0.286. The lowest BCUT2D eigenvalue weighted by Crippen LogP contribution is -2.38. The minimum atomic E-state index is -0.835. The molecule has 0 saturated heterocycles. The zero-order chi connectivity index (χ0) is 18.0. The standard InChI is InChI=1S/C21H23NO2S/c1-4-16-17-12-8-9-13-18(17)22(15-10-6-5-7-11-15)19(16)21(2,14-25)20(23)24-3/h5-13,25H,4,14H2,1-3H3. The normalized spacial score (nSPS) is 13.6. The van der Waals surface area contributed by atoms with E-state index in [2.05, 4.69) is 48.4 Å². The summed E-state index contributed by atoms with van der Waals surface area (Å²) in [5.41, 5.74) is 3.42. The summed E-state index contributed by atoms with van der Waals surface area (Å²) in [6.45, 7) is 4.04. The van der Waals surface area contributed by atoms with E-state index in [9.17, 15) is 4.79 Å². The van der Waals surface area contributed by atoms with Crippen molar-refractivity contribution < 1.29 is 9.53 Å². The quantitative estimate of drug-likeness (QED) is 0.539. The number of thiol groups is 1.